The zero-order valence-electron chi connectivity index (χ0n) is 14.6. The molecule has 6 nitrogen and oxygen atoms in total. The molecule has 25 heavy (non-hydrogen) atoms. The molecule has 3 heterocycles. The number of aryl methyl sites for hydroxylation is 1. The Labute approximate surface area is 146 Å². The lowest BCUT2D eigenvalue weighted by Crippen LogP contribution is -2.45. The van der Waals surface area contributed by atoms with Crippen LogP contribution in [0.25, 0.3) is 10.9 Å². The van der Waals surface area contributed by atoms with Crippen molar-refractivity contribution in [3.8, 4) is 0 Å². The van der Waals surface area contributed by atoms with E-state index in [1.807, 2.05) is 24.0 Å². The van der Waals surface area contributed by atoms with Crippen LogP contribution in [0.3, 0.4) is 0 Å². The van der Waals surface area contributed by atoms with Gasteiger partial charge in [-0.15, -0.1) is 0 Å². The highest BCUT2D eigenvalue weighted by Gasteiger charge is 2.38. The number of carbonyl (C=O) groups excluding carboxylic acids is 1. The number of para-hydroxylation sites is 1. The predicted octanol–water partition coefficient (Wildman–Crippen LogP) is 1.31. The van der Waals surface area contributed by atoms with Gasteiger partial charge in [0.2, 0.25) is 5.91 Å². The molecule has 2 aromatic rings. The average Bonchev–Trinajstić information content (AvgIpc) is 3.06. The largest absolute Gasteiger partial charge is 0.341 e. The minimum Gasteiger partial charge on any atom is -0.341 e. The number of benzene rings is 1. The molecule has 1 N–H and O–H groups in total. The number of rotatable bonds is 2. The fraction of sp³-hybridized carbons (Fsp3) is 0.526. The van der Waals surface area contributed by atoms with Crippen molar-refractivity contribution >= 4 is 16.8 Å². The number of amides is 1. The molecule has 0 saturated carbocycles. The lowest BCUT2D eigenvalue weighted by atomic mass is 9.78. The van der Waals surface area contributed by atoms with E-state index in [2.05, 4.69) is 10.3 Å². The van der Waals surface area contributed by atoms with Crippen LogP contribution in [0.15, 0.2) is 29.3 Å². The smallest absolute Gasteiger partial charge is 0.261 e. The third kappa shape index (κ3) is 2.95. The Morgan fingerprint density at radius 1 is 1.28 bits per heavy atom. The number of aromatic nitrogens is 2. The molecule has 2 aliphatic heterocycles. The van der Waals surface area contributed by atoms with Crippen molar-refractivity contribution in [1.29, 1.82) is 0 Å². The molecule has 1 spiro atoms. The van der Waals surface area contributed by atoms with Crippen molar-refractivity contribution in [3.05, 3.63) is 40.4 Å². The third-order valence-corrected chi connectivity index (χ3v) is 5.87. The van der Waals surface area contributed by atoms with Crippen LogP contribution >= 0.6 is 0 Å². The van der Waals surface area contributed by atoms with Crippen molar-refractivity contribution in [2.45, 2.75) is 32.7 Å². The summed E-state index contributed by atoms with van der Waals surface area (Å²) >= 11 is 0. The summed E-state index contributed by atoms with van der Waals surface area (Å²) in [5, 5.41) is 4.01. The maximum atomic E-state index is 12.6. The van der Waals surface area contributed by atoms with Gasteiger partial charge < -0.3 is 10.2 Å². The molecule has 1 aromatic heterocycles. The van der Waals surface area contributed by atoms with E-state index < -0.39 is 0 Å². The summed E-state index contributed by atoms with van der Waals surface area (Å²) in [7, 11) is 0. The van der Waals surface area contributed by atoms with Crippen LogP contribution in [-0.2, 0) is 11.3 Å². The van der Waals surface area contributed by atoms with E-state index in [1.54, 1.807) is 6.07 Å². The Bertz CT molecular complexity index is 857. The van der Waals surface area contributed by atoms with Gasteiger partial charge in [0.25, 0.3) is 5.56 Å². The number of carbonyl (C=O) groups is 1. The molecule has 1 amide bonds. The molecule has 1 aromatic carbocycles. The van der Waals surface area contributed by atoms with Gasteiger partial charge in [0.1, 0.15) is 6.54 Å². The van der Waals surface area contributed by atoms with Gasteiger partial charge in [0.15, 0.2) is 0 Å². The maximum Gasteiger partial charge on any atom is 0.261 e. The molecule has 132 valence electrons. The minimum absolute atomic E-state index is 0.0108. The van der Waals surface area contributed by atoms with Crippen LogP contribution in [0.2, 0.25) is 0 Å². The summed E-state index contributed by atoms with van der Waals surface area (Å²) in [6, 6.07) is 5.56. The van der Waals surface area contributed by atoms with Gasteiger partial charge in [-0.1, -0.05) is 12.1 Å². The summed E-state index contributed by atoms with van der Waals surface area (Å²) in [5.74, 6) is 0.0108. The highest BCUT2D eigenvalue weighted by molar-refractivity contribution is 5.81. The molecule has 4 rings (SSSR count). The van der Waals surface area contributed by atoms with E-state index in [0.717, 1.165) is 44.6 Å². The summed E-state index contributed by atoms with van der Waals surface area (Å²) < 4.78 is 1.44. The molecule has 0 atom stereocenters. The predicted molar refractivity (Wildman–Crippen MR) is 96.5 cm³/mol. The lowest BCUT2D eigenvalue weighted by molar-refractivity contribution is -0.134. The zero-order chi connectivity index (χ0) is 17.4. The number of nitrogens with one attached hydrogen (secondary N) is 1. The number of fused-ring (bicyclic) bond motifs is 1. The molecule has 0 unspecified atom stereocenters. The van der Waals surface area contributed by atoms with E-state index in [1.165, 1.54) is 17.3 Å². The van der Waals surface area contributed by atoms with Crippen LogP contribution < -0.4 is 10.9 Å². The number of hydrogen-bond acceptors (Lipinski definition) is 4. The zero-order valence-corrected chi connectivity index (χ0v) is 14.6. The Hall–Kier alpha value is -2.21. The first-order chi connectivity index (χ1) is 12.1. The van der Waals surface area contributed by atoms with Gasteiger partial charge in [0, 0.05) is 19.6 Å². The molecule has 0 radical (unpaired) electrons. The van der Waals surface area contributed by atoms with Gasteiger partial charge in [0.05, 0.1) is 17.2 Å². The van der Waals surface area contributed by atoms with E-state index in [9.17, 15) is 9.59 Å². The van der Waals surface area contributed by atoms with Crippen LogP contribution in [0.5, 0.6) is 0 Å². The van der Waals surface area contributed by atoms with Crippen LogP contribution in [-0.4, -0.2) is 46.5 Å². The number of likely N-dealkylation sites (tertiary alicyclic amines) is 1. The fourth-order valence-electron chi connectivity index (χ4n) is 4.15. The minimum atomic E-state index is -0.143. The first-order valence-corrected chi connectivity index (χ1v) is 9.01. The van der Waals surface area contributed by atoms with Crippen LogP contribution in [0.4, 0.5) is 0 Å². The summed E-state index contributed by atoms with van der Waals surface area (Å²) in [5.41, 5.74) is 1.93. The Balaban J connectivity index is 1.49. The number of piperidine rings is 1. The van der Waals surface area contributed by atoms with E-state index >= 15 is 0 Å². The van der Waals surface area contributed by atoms with Crippen molar-refractivity contribution in [2.24, 2.45) is 5.41 Å². The first kappa shape index (κ1) is 16.3. The second-order valence-corrected chi connectivity index (χ2v) is 7.46. The molecule has 6 heteroatoms. The quantitative estimate of drug-likeness (QED) is 0.895. The second-order valence-electron chi connectivity index (χ2n) is 7.46. The fourth-order valence-corrected chi connectivity index (χ4v) is 4.15. The summed E-state index contributed by atoms with van der Waals surface area (Å²) in [6.07, 6.45) is 4.82. The lowest BCUT2D eigenvalue weighted by Gasteiger charge is -2.38. The van der Waals surface area contributed by atoms with Crippen LogP contribution in [0.1, 0.15) is 24.8 Å². The monoisotopic (exact) mass is 340 g/mol. The summed E-state index contributed by atoms with van der Waals surface area (Å²) in [4.78, 5) is 31.6. The Morgan fingerprint density at radius 2 is 2.08 bits per heavy atom. The maximum absolute atomic E-state index is 12.6. The molecular formula is C19H24N4O2. The first-order valence-electron chi connectivity index (χ1n) is 9.01. The number of hydrogen-bond donors (Lipinski definition) is 1. The van der Waals surface area contributed by atoms with Crippen LogP contribution in [0, 0.1) is 12.3 Å². The van der Waals surface area contributed by atoms with Crippen molar-refractivity contribution in [3.63, 3.8) is 0 Å². The van der Waals surface area contributed by atoms with Crippen molar-refractivity contribution < 1.29 is 4.79 Å². The standard InChI is InChI=1S/C19H24N4O2/c1-14-3-2-4-15-17(14)21-13-23(18(15)25)11-16(24)22-9-6-19(7-10-22)5-8-20-12-19/h2-4,13,20H,5-12H2,1H3. The molecule has 0 aliphatic carbocycles. The Kier molecular flexibility index (Phi) is 4.07. The van der Waals surface area contributed by atoms with Gasteiger partial charge in [-0.2, -0.15) is 0 Å². The SMILES string of the molecule is Cc1cccc2c(=O)n(CC(=O)N3CCC4(CCNC4)CC3)cnc12. The van der Waals surface area contributed by atoms with Gasteiger partial charge >= 0.3 is 0 Å². The van der Waals surface area contributed by atoms with E-state index in [0.29, 0.717) is 16.3 Å². The topological polar surface area (TPSA) is 67.2 Å². The highest BCUT2D eigenvalue weighted by atomic mass is 16.2. The van der Waals surface area contributed by atoms with E-state index in [-0.39, 0.29) is 18.0 Å². The van der Waals surface area contributed by atoms with Crippen molar-refractivity contribution in [2.75, 3.05) is 26.2 Å². The number of nitrogens with zero attached hydrogens (tertiary/aromatic N) is 3. The molecule has 2 saturated heterocycles. The van der Waals surface area contributed by atoms with Gasteiger partial charge in [-0.05, 0) is 49.8 Å². The van der Waals surface area contributed by atoms with Gasteiger partial charge in [-0.3, -0.25) is 14.2 Å². The second kappa shape index (κ2) is 6.26. The molecule has 0 bridgehead atoms. The molecule has 2 aliphatic rings. The van der Waals surface area contributed by atoms with Gasteiger partial charge in [-0.25, -0.2) is 4.98 Å². The Morgan fingerprint density at radius 3 is 2.80 bits per heavy atom. The molecular weight excluding hydrogens is 316 g/mol. The summed E-state index contributed by atoms with van der Waals surface area (Å²) in [6.45, 7) is 5.74. The van der Waals surface area contributed by atoms with E-state index in [4.69, 9.17) is 0 Å². The normalized spacial score (nSPS) is 19.6. The highest BCUT2D eigenvalue weighted by Crippen LogP contribution is 2.36. The molecule has 2 fully saturated rings. The average molecular weight is 340 g/mol. The van der Waals surface area contributed by atoms with Crippen molar-refractivity contribution in [1.82, 2.24) is 19.8 Å². The third-order valence-electron chi connectivity index (χ3n) is 5.87.